The average molecular weight is 280 g/mol. The maximum atomic E-state index is 12.0. The van der Waals surface area contributed by atoms with E-state index in [1.165, 1.54) is 12.8 Å². The fourth-order valence-corrected chi connectivity index (χ4v) is 2.99. The number of carbonyl (C=O) groups excluding carboxylic acids is 1. The highest BCUT2D eigenvalue weighted by Crippen LogP contribution is 2.27. The average Bonchev–Trinajstić information content (AvgIpc) is 2.83. The number of aromatic nitrogens is 1. The summed E-state index contributed by atoms with van der Waals surface area (Å²) >= 11 is 0. The van der Waals surface area contributed by atoms with E-state index in [1.54, 1.807) is 6.07 Å². The van der Waals surface area contributed by atoms with Crippen molar-refractivity contribution in [3.63, 3.8) is 0 Å². The molecule has 112 valence electrons. The molecule has 0 bridgehead atoms. The molecule has 1 aliphatic rings. The fourth-order valence-electron chi connectivity index (χ4n) is 2.99. The number of nitrogens with two attached hydrogens (primary N) is 1. The third-order valence-corrected chi connectivity index (χ3v) is 4.02. The zero-order chi connectivity index (χ0) is 14.5. The van der Waals surface area contributed by atoms with Crippen LogP contribution in [0.1, 0.15) is 31.4 Å². The summed E-state index contributed by atoms with van der Waals surface area (Å²) in [5.41, 5.74) is 6.59. The predicted octanol–water partition coefficient (Wildman–Crippen LogP) is 1.37. The molecular formula is C14H24N4O2. The van der Waals surface area contributed by atoms with E-state index < -0.39 is 0 Å². The van der Waals surface area contributed by atoms with Gasteiger partial charge in [0, 0.05) is 12.1 Å². The Balaban J connectivity index is 1.86. The van der Waals surface area contributed by atoms with Crippen LogP contribution in [0, 0.1) is 12.8 Å². The van der Waals surface area contributed by atoms with Gasteiger partial charge in [-0.25, -0.2) is 0 Å². The Labute approximate surface area is 119 Å². The topological polar surface area (TPSA) is 84.4 Å². The number of amides is 1. The fraction of sp³-hybridized carbons (Fsp3) is 0.714. The van der Waals surface area contributed by atoms with Gasteiger partial charge in [-0.15, -0.1) is 0 Å². The number of hydrogen-bond donors (Lipinski definition) is 2. The van der Waals surface area contributed by atoms with Gasteiger partial charge in [-0.2, -0.15) is 0 Å². The first-order valence-electron chi connectivity index (χ1n) is 7.23. The summed E-state index contributed by atoms with van der Waals surface area (Å²) in [6.45, 7) is 2.86. The van der Waals surface area contributed by atoms with Crippen LogP contribution < -0.4 is 11.1 Å². The number of rotatable bonds is 5. The van der Waals surface area contributed by atoms with Gasteiger partial charge in [-0.1, -0.05) is 18.0 Å². The second-order valence-electron chi connectivity index (χ2n) is 5.64. The van der Waals surface area contributed by atoms with Gasteiger partial charge in [-0.05, 0) is 39.3 Å². The molecule has 1 fully saturated rings. The lowest BCUT2D eigenvalue weighted by molar-refractivity contribution is -0.118. The van der Waals surface area contributed by atoms with Gasteiger partial charge in [-0.3, -0.25) is 15.0 Å². The first-order valence-corrected chi connectivity index (χ1v) is 7.23. The SMILES string of the molecule is Cc1cc(NC(=O)CN(C)C2CCCCC2CN)on1. The maximum absolute atomic E-state index is 12.0. The highest BCUT2D eigenvalue weighted by molar-refractivity contribution is 5.90. The largest absolute Gasteiger partial charge is 0.338 e. The second-order valence-corrected chi connectivity index (χ2v) is 5.64. The Morgan fingerprint density at radius 3 is 2.95 bits per heavy atom. The normalized spacial score (nSPS) is 23.0. The molecule has 1 aromatic rings. The summed E-state index contributed by atoms with van der Waals surface area (Å²) in [6, 6.07) is 2.11. The minimum Gasteiger partial charge on any atom is -0.338 e. The van der Waals surface area contributed by atoms with E-state index in [9.17, 15) is 4.79 Å². The lowest BCUT2D eigenvalue weighted by Gasteiger charge is -2.37. The van der Waals surface area contributed by atoms with Crippen molar-refractivity contribution in [1.29, 1.82) is 0 Å². The molecule has 2 rings (SSSR count). The number of likely N-dealkylation sites (N-methyl/N-ethyl adjacent to an activating group) is 1. The Morgan fingerprint density at radius 1 is 1.55 bits per heavy atom. The van der Waals surface area contributed by atoms with Crippen molar-refractivity contribution < 1.29 is 9.32 Å². The lowest BCUT2D eigenvalue weighted by Crippen LogP contribution is -2.45. The minimum absolute atomic E-state index is 0.0787. The molecule has 0 aromatic carbocycles. The van der Waals surface area contributed by atoms with Crippen LogP contribution in [0.2, 0.25) is 0 Å². The lowest BCUT2D eigenvalue weighted by atomic mass is 9.84. The second kappa shape index (κ2) is 6.85. The monoisotopic (exact) mass is 280 g/mol. The summed E-state index contributed by atoms with van der Waals surface area (Å²) in [6.07, 6.45) is 4.74. The van der Waals surface area contributed by atoms with Crippen LogP contribution >= 0.6 is 0 Å². The van der Waals surface area contributed by atoms with Crippen molar-refractivity contribution in [3.8, 4) is 0 Å². The molecule has 6 nitrogen and oxygen atoms in total. The highest BCUT2D eigenvalue weighted by Gasteiger charge is 2.28. The van der Waals surface area contributed by atoms with Gasteiger partial charge >= 0.3 is 0 Å². The van der Waals surface area contributed by atoms with Crippen molar-refractivity contribution in [2.75, 3.05) is 25.5 Å². The predicted molar refractivity (Wildman–Crippen MR) is 77.3 cm³/mol. The van der Waals surface area contributed by atoms with E-state index in [0.717, 1.165) is 18.5 Å². The molecule has 0 aliphatic heterocycles. The summed E-state index contributed by atoms with van der Waals surface area (Å²) in [4.78, 5) is 14.1. The molecule has 0 saturated heterocycles. The van der Waals surface area contributed by atoms with E-state index in [0.29, 0.717) is 30.9 Å². The molecule has 1 aliphatic carbocycles. The van der Waals surface area contributed by atoms with E-state index in [-0.39, 0.29) is 5.91 Å². The molecule has 1 saturated carbocycles. The highest BCUT2D eigenvalue weighted by atomic mass is 16.5. The third kappa shape index (κ3) is 3.80. The van der Waals surface area contributed by atoms with Crippen molar-refractivity contribution in [1.82, 2.24) is 10.1 Å². The number of carbonyl (C=O) groups is 1. The van der Waals surface area contributed by atoms with Gasteiger partial charge < -0.3 is 10.3 Å². The maximum Gasteiger partial charge on any atom is 0.240 e. The number of nitrogens with one attached hydrogen (secondary N) is 1. The summed E-state index contributed by atoms with van der Waals surface area (Å²) in [5, 5.41) is 6.47. The molecule has 1 aromatic heterocycles. The molecule has 6 heteroatoms. The van der Waals surface area contributed by atoms with E-state index in [1.807, 2.05) is 14.0 Å². The van der Waals surface area contributed by atoms with E-state index >= 15 is 0 Å². The van der Waals surface area contributed by atoms with Crippen LogP contribution in [-0.2, 0) is 4.79 Å². The van der Waals surface area contributed by atoms with E-state index in [2.05, 4.69) is 15.4 Å². The Hall–Kier alpha value is -1.40. The Kier molecular flexibility index (Phi) is 5.14. The number of nitrogens with zero attached hydrogens (tertiary/aromatic N) is 2. The summed E-state index contributed by atoms with van der Waals surface area (Å²) in [5.74, 6) is 0.819. The Morgan fingerprint density at radius 2 is 2.30 bits per heavy atom. The van der Waals surface area contributed by atoms with Crippen LogP contribution in [0.25, 0.3) is 0 Å². The van der Waals surface area contributed by atoms with Crippen molar-refractivity contribution in [2.45, 2.75) is 38.6 Å². The summed E-state index contributed by atoms with van der Waals surface area (Å²) < 4.78 is 4.98. The molecule has 3 N–H and O–H groups in total. The number of hydrogen-bond acceptors (Lipinski definition) is 5. The first-order chi connectivity index (χ1) is 9.60. The third-order valence-electron chi connectivity index (χ3n) is 4.02. The van der Waals surface area contributed by atoms with Crippen LogP contribution in [0.4, 0.5) is 5.88 Å². The van der Waals surface area contributed by atoms with Crippen LogP contribution in [0.5, 0.6) is 0 Å². The molecule has 0 spiro atoms. The summed E-state index contributed by atoms with van der Waals surface area (Å²) in [7, 11) is 1.99. The number of aryl methyl sites for hydroxylation is 1. The smallest absolute Gasteiger partial charge is 0.240 e. The first kappa shape index (κ1) is 15.0. The van der Waals surface area contributed by atoms with Crippen molar-refractivity contribution >= 4 is 11.8 Å². The van der Waals surface area contributed by atoms with Crippen LogP contribution in [0.3, 0.4) is 0 Å². The zero-order valence-corrected chi connectivity index (χ0v) is 12.3. The minimum atomic E-state index is -0.0787. The van der Waals surface area contributed by atoms with Gasteiger partial charge in [0.15, 0.2) is 0 Å². The molecule has 1 amide bonds. The van der Waals surface area contributed by atoms with Gasteiger partial charge in [0.1, 0.15) is 0 Å². The Bertz CT molecular complexity index is 446. The van der Waals surface area contributed by atoms with Crippen LogP contribution in [0.15, 0.2) is 10.6 Å². The van der Waals surface area contributed by atoms with Gasteiger partial charge in [0.2, 0.25) is 11.8 Å². The van der Waals surface area contributed by atoms with Crippen molar-refractivity contribution in [3.05, 3.63) is 11.8 Å². The molecule has 1 heterocycles. The zero-order valence-electron chi connectivity index (χ0n) is 12.3. The molecule has 0 radical (unpaired) electrons. The van der Waals surface area contributed by atoms with Crippen molar-refractivity contribution in [2.24, 2.45) is 11.7 Å². The van der Waals surface area contributed by atoms with E-state index in [4.69, 9.17) is 10.3 Å². The molecule has 20 heavy (non-hydrogen) atoms. The van der Waals surface area contributed by atoms with Gasteiger partial charge in [0.25, 0.3) is 0 Å². The quantitative estimate of drug-likeness (QED) is 0.851. The molecule has 2 unspecified atom stereocenters. The number of anilines is 1. The van der Waals surface area contributed by atoms with Crippen LogP contribution in [-0.4, -0.2) is 42.1 Å². The standard InChI is InChI=1S/C14H24N4O2/c1-10-7-14(20-17-10)16-13(19)9-18(2)12-6-4-3-5-11(12)8-15/h7,11-12H,3-6,8-9,15H2,1-2H3,(H,16,19). The van der Waals surface area contributed by atoms with Gasteiger partial charge in [0.05, 0.1) is 12.2 Å². The molecular weight excluding hydrogens is 256 g/mol. The molecule has 2 atom stereocenters.